The van der Waals surface area contributed by atoms with Gasteiger partial charge in [0.25, 0.3) is 11.8 Å². The Morgan fingerprint density at radius 2 is 1.88 bits per heavy atom. The van der Waals surface area contributed by atoms with Crippen molar-refractivity contribution in [2.24, 2.45) is 0 Å². The Morgan fingerprint density at radius 1 is 1.09 bits per heavy atom. The number of amides is 1. The van der Waals surface area contributed by atoms with Crippen LogP contribution in [0.2, 0.25) is 0 Å². The molecule has 176 valence electrons. The minimum Gasteiger partial charge on any atom is -0.465 e. The first-order valence-corrected chi connectivity index (χ1v) is 11.8. The van der Waals surface area contributed by atoms with Crippen LogP contribution in [0, 0.1) is 5.82 Å². The highest BCUT2D eigenvalue weighted by Gasteiger charge is 2.21. The molecular formula is C26H28FN5O2. The zero-order valence-electron chi connectivity index (χ0n) is 19.2. The number of carbonyl (C=O) groups excluding carboxylic acids is 1. The Kier molecular flexibility index (Phi) is 6.40. The molecular weight excluding hydrogens is 433 g/mol. The van der Waals surface area contributed by atoms with Crippen molar-refractivity contribution in [2.45, 2.75) is 38.8 Å². The molecule has 0 atom stereocenters. The number of aromatic nitrogens is 3. The second-order valence-corrected chi connectivity index (χ2v) is 8.74. The van der Waals surface area contributed by atoms with Crippen molar-refractivity contribution in [1.82, 2.24) is 24.8 Å². The van der Waals surface area contributed by atoms with Gasteiger partial charge in [-0.1, -0.05) is 37.3 Å². The summed E-state index contributed by atoms with van der Waals surface area (Å²) in [6.07, 6.45) is 2.47. The van der Waals surface area contributed by atoms with Crippen LogP contribution in [0.4, 0.5) is 4.39 Å². The minimum absolute atomic E-state index is 0.135. The molecule has 1 saturated heterocycles. The molecule has 2 aromatic heterocycles. The van der Waals surface area contributed by atoms with Crippen molar-refractivity contribution in [3.05, 3.63) is 71.8 Å². The number of hydrogen-bond acceptors (Lipinski definition) is 5. The van der Waals surface area contributed by atoms with E-state index in [1.807, 2.05) is 23.5 Å². The summed E-state index contributed by atoms with van der Waals surface area (Å²) in [7, 11) is 0. The van der Waals surface area contributed by atoms with Gasteiger partial charge in [0.2, 0.25) is 0 Å². The van der Waals surface area contributed by atoms with Gasteiger partial charge in [0.15, 0.2) is 6.61 Å². The van der Waals surface area contributed by atoms with Crippen LogP contribution in [0.25, 0.3) is 16.4 Å². The summed E-state index contributed by atoms with van der Waals surface area (Å²) < 4.78 is 21.4. The van der Waals surface area contributed by atoms with E-state index in [2.05, 4.69) is 44.7 Å². The van der Waals surface area contributed by atoms with Crippen molar-refractivity contribution in [1.29, 1.82) is 0 Å². The molecule has 1 N–H and O–H groups in total. The predicted octanol–water partition coefficient (Wildman–Crippen LogP) is 3.74. The number of nitrogens with zero attached hydrogens (tertiary/aromatic N) is 4. The van der Waals surface area contributed by atoms with Gasteiger partial charge < -0.3 is 10.1 Å². The van der Waals surface area contributed by atoms with Crippen LogP contribution in [0.3, 0.4) is 0 Å². The van der Waals surface area contributed by atoms with E-state index in [1.54, 1.807) is 6.07 Å². The lowest BCUT2D eigenvalue weighted by Gasteiger charge is -2.32. The van der Waals surface area contributed by atoms with E-state index in [0.29, 0.717) is 11.9 Å². The highest BCUT2D eigenvalue weighted by molar-refractivity contribution is 5.89. The lowest BCUT2D eigenvalue weighted by atomic mass is 10.0. The van der Waals surface area contributed by atoms with E-state index in [9.17, 15) is 9.18 Å². The Bertz CT molecular complexity index is 1300. The number of nitrogens with one attached hydrogen (secondary N) is 1. The monoisotopic (exact) mass is 461 g/mol. The number of likely N-dealkylation sites (tertiary alicyclic amines) is 1. The van der Waals surface area contributed by atoms with Gasteiger partial charge in [-0.3, -0.25) is 14.1 Å². The smallest absolute Gasteiger partial charge is 0.258 e. The third-order valence-electron chi connectivity index (χ3n) is 6.35. The molecule has 0 unspecified atom stereocenters. The van der Waals surface area contributed by atoms with Gasteiger partial charge in [-0.05, 0) is 42.7 Å². The van der Waals surface area contributed by atoms with E-state index in [-0.39, 0.29) is 30.3 Å². The molecule has 1 aliphatic heterocycles. The van der Waals surface area contributed by atoms with Gasteiger partial charge in [0, 0.05) is 37.5 Å². The van der Waals surface area contributed by atoms with Gasteiger partial charge in [-0.25, -0.2) is 4.39 Å². The average Bonchev–Trinajstić information content (AvgIpc) is 3.23. The summed E-state index contributed by atoms with van der Waals surface area (Å²) in [6.45, 7) is 4.66. The molecule has 3 heterocycles. The number of rotatable bonds is 7. The van der Waals surface area contributed by atoms with E-state index < -0.39 is 0 Å². The largest absolute Gasteiger partial charge is 0.465 e. The maximum absolute atomic E-state index is 13.7. The van der Waals surface area contributed by atoms with Crippen molar-refractivity contribution in [3.63, 3.8) is 0 Å². The molecule has 7 nitrogen and oxygen atoms in total. The van der Waals surface area contributed by atoms with E-state index in [0.717, 1.165) is 49.2 Å². The number of benzene rings is 2. The van der Waals surface area contributed by atoms with Gasteiger partial charge in [0.05, 0.1) is 5.52 Å². The number of aryl methyl sites for hydroxylation is 1. The second kappa shape index (κ2) is 9.77. The fraction of sp³-hybridized carbons (Fsp3) is 0.346. The molecule has 34 heavy (non-hydrogen) atoms. The van der Waals surface area contributed by atoms with Gasteiger partial charge >= 0.3 is 0 Å². The summed E-state index contributed by atoms with van der Waals surface area (Å²) in [5, 5.41) is 12.3. The van der Waals surface area contributed by atoms with Gasteiger partial charge in [-0.15, -0.1) is 10.2 Å². The molecule has 4 aromatic rings. The number of carbonyl (C=O) groups is 1. The van der Waals surface area contributed by atoms with E-state index in [1.165, 1.54) is 17.7 Å². The second-order valence-electron chi connectivity index (χ2n) is 8.74. The molecule has 0 spiro atoms. The Balaban J connectivity index is 1.20. The van der Waals surface area contributed by atoms with E-state index in [4.69, 9.17) is 4.74 Å². The molecule has 0 aliphatic carbocycles. The zero-order chi connectivity index (χ0) is 23.5. The summed E-state index contributed by atoms with van der Waals surface area (Å²) in [5.74, 6) is 0.527. The average molecular weight is 462 g/mol. The maximum atomic E-state index is 13.7. The van der Waals surface area contributed by atoms with Crippen LogP contribution in [-0.4, -0.2) is 51.1 Å². The van der Waals surface area contributed by atoms with Gasteiger partial charge in [-0.2, -0.15) is 0 Å². The SMILES string of the molecule is CCc1nnc(OCC(=O)NC2CCN(Cc3ccccc3)CC2)c2cc3cc(F)ccc3n12. The zero-order valence-corrected chi connectivity index (χ0v) is 19.2. The molecule has 2 aromatic carbocycles. The van der Waals surface area contributed by atoms with Crippen molar-refractivity contribution < 1.29 is 13.9 Å². The molecule has 0 saturated carbocycles. The fourth-order valence-electron chi connectivity index (χ4n) is 4.63. The molecule has 1 amide bonds. The number of halogens is 1. The summed E-state index contributed by atoms with van der Waals surface area (Å²) in [6, 6.07) is 17.0. The first-order valence-electron chi connectivity index (χ1n) is 11.8. The first kappa shape index (κ1) is 22.3. The quantitative estimate of drug-likeness (QED) is 0.454. The standard InChI is InChI=1S/C26H28FN5O2/c1-2-24-29-30-26(23-15-19-14-20(27)8-9-22(19)32(23)24)34-17-25(33)28-21-10-12-31(13-11-21)16-18-6-4-3-5-7-18/h3-9,14-15,21H,2,10-13,16-17H2,1H3,(H,28,33). The number of hydrogen-bond donors (Lipinski definition) is 1. The van der Waals surface area contributed by atoms with Crippen molar-refractivity contribution in [2.75, 3.05) is 19.7 Å². The third-order valence-corrected chi connectivity index (χ3v) is 6.35. The predicted molar refractivity (Wildman–Crippen MR) is 128 cm³/mol. The summed E-state index contributed by atoms with van der Waals surface area (Å²) >= 11 is 0. The maximum Gasteiger partial charge on any atom is 0.258 e. The Labute approximate surface area is 197 Å². The topological polar surface area (TPSA) is 71.8 Å². The normalized spacial score (nSPS) is 15.1. The van der Waals surface area contributed by atoms with Gasteiger partial charge in [0.1, 0.15) is 17.2 Å². The van der Waals surface area contributed by atoms with E-state index >= 15 is 0 Å². The third kappa shape index (κ3) is 4.72. The van der Waals surface area contributed by atoms with Crippen LogP contribution in [0.15, 0.2) is 54.6 Å². The fourth-order valence-corrected chi connectivity index (χ4v) is 4.63. The van der Waals surface area contributed by atoms with Crippen molar-refractivity contribution in [3.8, 4) is 5.88 Å². The Morgan fingerprint density at radius 3 is 2.65 bits per heavy atom. The minimum atomic E-state index is -0.306. The number of ether oxygens (including phenoxy) is 1. The molecule has 0 radical (unpaired) electrons. The number of piperidine rings is 1. The van der Waals surface area contributed by atoms with Crippen LogP contribution >= 0.6 is 0 Å². The highest BCUT2D eigenvalue weighted by atomic mass is 19.1. The van der Waals surface area contributed by atoms with Crippen LogP contribution in [0.5, 0.6) is 5.88 Å². The molecule has 8 heteroatoms. The highest BCUT2D eigenvalue weighted by Crippen LogP contribution is 2.27. The van der Waals surface area contributed by atoms with Crippen molar-refractivity contribution >= 4 is 22.3 Å². The van der Waals surface area contributed by atoms with Crippen LogP contribution in [-0.2, 0) is 17.8 Å². The summed E-state index contributed by atoms with van der Waals surface area (Å²) in [4.78, 5) is 15.0. The molecule has 5 rings (SSSR count). The first-order chi connectivity index (χ1) is 16.6. The number of fused-ring (bicyclic) bond motifs is 3. The summed E-state index contributed by atoms with van der Waals surface area (Å²) in [5.41, 5.74) is 2.81. The van der Waals surface area contributed by atoms with Crippen LogP contribution < -0.4 is 10.1 Å². The van der Waals surface area contributed by atoms with Crippen LogP contribution in [0.1, 0.15) is 31.2 Å². The molecule has 1 fully saturated rings. The molecule has 1 aliphatic rings. The molecule has 0 bridgehead atoms. The lowest BCUT2D eigenvalue weighted by molar-refractivity contribution is -0.124. The Hall–Kier alpha value is -3.52. The lowest BCUT2D eigenvalue weighted by Crippen LogP contribution is -2.45.